The fourth-order valence-corrected chi connectivity index (χ4v) is 3.45. The lowest BCUT2D eigenvalue weighted by molar-refractivity contribution is -0.126. The second-order valence-electron chi connectivity index (χ2n) is 7.19. The molecule has 1 aromatic carbocycles. The van der Waals surface area contributed by atoms with Crippen molar-refractivity contribution >= 4 is 21.8 Å². The van der Waals surface area contributed by atoms with Gasteiger partial charge in [0, 0.05) is 29.7 Å². The normalized spacial score (nSPS) is 18.0. The Labute approximate surface area is 168 Å². The maximum absolute atomic E-state index is 12.4. The Morgan fingerprint density at radius 2 is 2.15 bits per heavy atom. The highest BCUT2D eigenvalue weighted by molar-refractivity contribution is 9.10. The van der Waals surface area contributed by atoms with Crippen LogP contribution in [0.5, 0.6) is 0 Å². The van der Waals surface area contributed by atoms with E-state index in [1.165, 1.54) is 0 Å². The molecule has 1 unspecified atom stereocenters. The molecule has 1 aliphatic heterocycles. The van der Waals surface area contributed by atoms with Gasteiger partial charge >= 0.3 is 0 Å². The van der Waals surface area contributed by atoms with E-state index in [4.69, 9.17) is 4.52 Å². The fourth-order valence-electron chi connectivity index (χ4n) is 3.19. The van der Waals surface area contributed by atoms with Gasteiger partial charge in [-0.2, -0.15) is 4.98 Å². The fraction of sp³-hybridized carbons (Fsp3) is 0.526. The van der Waals surface area contributed by atoms with E-state index in [0.29, 0.717) is 24.8 Å². The third-order valence-electron chi connectivity index (χ3n) is 4.66. The van der Waals surface area contributed by atoms with Crippen LogP contribution in [0.3, 0.4) is 0 Å². The van der Waals surface area contributed by atoms with Gasteiger partial charge in [-0.15, -0.1) is 0 Å². The predicted octanol–water partition coefficient (Wildman–Crippen LogP) is 2.39. The highest BCUT2D eigenvalue weighted by Gasteiger charge is 2.26. The predicted molar refractivity (Wildman–Crippen MR) is 107 cm³/mol. The van der Waals surface area contributed by atoms with Crippen LogP contribution in [0.4, 0.5) is 0 Å². The molecule has 0 saturated carbocycles. The van der Waals surface area contributed by atoms with Crippen molar-refractivity contribution in [2.24, 2.45) is 5.92 Å². The molecule has 7 nitrogen and oxygen atoms in total. The number of rotatable bonds is 7. The maximum Gasteiger partial charge on any atom is 0.241 e. The monoisotopic (exact) mass is 435 g/mol. The first kappa shape index (κ1) is 20.0. The summed E-state index contributed by atoms with van der Waals surface area (Å²) < 4.78 is 6.43. The van der Waals surface area contributed by atoms with Crippen molar-refractivity contribution in [1.82, 2.24) is 25.3 Å². The van der Waals surface area contributed by atoms with Crippen LogP contribution in [-0.2, 0) is 11.3 Å². The van der Waals surface area contributed by atoms with E-state index in [1.54, 1.807) is 0 Å². The molecule has 1 atom stereocenters. The van der Waals surface area contributed by atoms with Gasteiger partial charge in [0.25, 0.3) is 0 Å². The molecule has 1 aromatic heterocycles. The Morgan fingerprint density at radius 3 is 2.89 bits per heavy atom. The van der Waals surface area contributed by atoms with Gasteiger partial charge in [-0.05, 0) is 57.7 Å². The molecular formula is C19H26BrN5O2. The van der Waals surface area contributed by atoms with E-state index in [0.717, 1.165) is 42.5 Å². The smallest absolute Gasteiger partial charge is 0.241 e. The highest BCUT2D eigenvalue weighted by Crippen LogP contribution is 2.21. The standard InChI is InChI=1S/C19H26BrN5O2/c1-24(2)11-9-21-19(26)15-4-3-10-25(12-15)13-17-22-18(23-27-17)14-5-7-16(20)8-6-14/h5-8,15H,3-4,9-13H2,1-2H3,(H,21,26). The summed E-state index contributed by atoms with van der Waals surface area (Å²) in [4.78, 5) is 21.2. The highest BCUT2D eigenvalue weighted by atomic mass is 79.9. The molecule has 0 bridgehead atoms. The van der Waals surface area contributed by atoms with Gasteiger partial charge in [0.2, 0.25) is 17.6 Å². The number of hydrogen-bond donors (Lipinski definition) is 1. The Kier molecular flexibility index (Phi) is 6.98. The molecule has 3 rings (SSSR count). The largest absolute Gasteiger partial charge is 0.355 e. The summed E-state index contributed by atoms with van der Waals surface area (Å²) in [5.74, 6) is 1.34. The zero-order chi connectivity index (χ0) is 19.2. The molecule has 1 saturated heterocycles. The number of carbonyl (C=O) groups excluding carboxylic acids is 1. The SMILES string of the molecule is CN(C)CCNC(=O)C1CCCN(Cc2nc(-c3ccc(Br)cc3)no2)C1. The van der Waals surface area contributed by atoms with Crippen LogP contribution in [0.1, 0.15) is 18.7 Å². The van der Waals surface area contributed by atoms with Gasteiger partial charge in [0.15, 0.2) is 0 Å². The number of hydrogen-bond acceptors (Lipinski definition) is 6. The Morgan fingerprint density at radius 1 is 1.37 bits per heavy atom. The van der Waals surface area contributed by atoms with Gasteiger partial charge in [-0.1, -0.05) is 21.1 Å². The van der Waals surface area contributed by atoms with Gasteiger partial charge in [0.05, 0.1) is 12.5 Å². The van der Waals surface area contributed by atoms with Crippen molar-refractivity contribution in [3.63, 3.8) is 0 Å². The first-order valence-corrected chi connectivity index (χ1v) is 10.0. The minimum atomic E-state index is 0.0229. The van der Waals surface area contributed by atoms with E-state index in [1.807, 2.05) is 38.4 Å². The first-order chi connectivity index (χ1) is 13.0. The van der Waals surface area contributed by atoms with Crippen LogP contribution in [0.2, 0.25) is 0 Å². The van der Waals surface area contributed by atoms with Crippen LogP contribution in [0, 0.1) is 5.92 Å². The lowest BCUT2D eigenvalue weighted by atomic mass is 9.97. The van der Waals surface area contributed by atoms with Crippen LogP contribution in [-0.4, -0.2) is 66.1 Å². The molecule has 1 aliphatic rings. The van der Waals surface area contributed by atoms with Gasteiger partial charge in [0.1, 0.15) is 0 Å². The Bertz CT molecular complexity index is 747. The van der Waals surface area contributed by atoms with Crippen molar-refractivity contribution in [1.29, 1.82) is 0 Å². The second kappa shape index (κ2) is 9.43. The van der Waals surface area contributed by atoms with E-state index in [9.17, 15) is 4.79 Å². The molecule has 1 N–H and O–H groups in total. The quantitative estimate of drug-likeness (QED) is 0.719. The Hall–Kier alpha value is -1.77. The average Bonchev–Trinajstić information content (AvgIpc) is 3.10. The molecule has 146 valence electrons. The molecule has 0 spiro atoms. The third kappa shape index (κ3) is 5.85. The second-order valence-corrected chi connectivity index (χ2v) is 8.10. The topological polar surface area (TPSA) is 74.5 Å². The van der Waals surface area contributed by atoms with E-state index < -0.39 is 0 Å². The number of aromatic nitrogens is 2. The maximum atomic E-state index is 12.4. The van der Waals surface area contributed by atoms with Crippen LogP contribution < -0.4 is 5.32 Å². The minimum Gasteiger partial charge on any atom is -0.355 e. The zero-order valence-corrected chi connectivity index (χ0v) is 17.4. The molecule has 1 amide bonds. The van der Waals surface area contributed by atoms with Crippen molar-refractivity contribution in [2.75, 3.05) is 40.3 Å². The molecule has 0 aliphatic carbocycles. The molecule has 2 aromatic rings. The zero-order valence-electron chi connectivity index (χ0n) is 15.8. The van der Waals surface area contributed by atoms with Crippen molar-refractivity contribution in [3.8, 4) is 11.4 Å². The van der Waals surface area contributed by atoms with E-state index in [-0.39, 0.29) is 11.8 Å². The van der Waals surface area contributed by atoms with Crippen molar-refractivity contribution in [2.45, 2.75) is 19.4 Å². The van der Waals surface area contributed by atoms with E-state index >= 15 is 0 Å². The summed E-state index contributed by atoms with van der Waals surface area (Å²) >= 11 is 3.42. The van der Waals surface area contributed by atoms with Crippen LogP contribution in [0.15, 0.2) is 33.3 Å². The van der Waals surface area contributed by atoms with Crippen LogP contribution in [0.25, 0.3) is 11.4 Å². The van der Waals surface area contributed by atoms with Gasteiger partial charge in [-0.3, -0.25) is 9.69 Å². The number of benzene rings is 1. The molecular weight excluding hydrogens is 410 g/mol. The summed E-state index contributed by atoms with van der Waals surface area (Å²) in [7, 11) is 4.00. The number of nitrogens with one attached hydrogen (secondary N) is 1. The number of amides is 1. The number of likely N-dealkylation sites (N-methyl/N-ethyl adjacent to an activating group) is 1. The molecule has 1 fully saturated rings. The Balaban J connectivity index is 1.53. The molecule has 2 heterocycles. The molecule has 0 radical (unpaired) electrons. The van der Waals surface area contributed by atoms with E-state index in [2.05, 4.69) is 41.2 Å². The summed E-state index contributed by atoms with van der Waals surface area (Å²) in [5.41, 5.74) is 0.921. The first-order valence-electron chi connectivity index (χ1n) is 9.24. The third-order valence-corrected chi connectivity index (χ3v) is 5.19. The van der Waals surface area contributed by atoms with Gasteiger partial charge in [-0.25, -0.2) is 0 Å². The number of carbonyl (C=O) groups is 1. The van der Waals surface area contributed by atoms with Gasteiger partial charge < -0.3 is 14.7 Å². The van der Waals surface area contributed by atoms with Crippen molar-refractivity contribution < 1.29 is 9.32 Å². The summed E-state index contributed by atoms with van der Waals surface area (Å²) in [6.07, 6.45) is 1.93. The average molecular weight is 436 g/mol. The van der Waals surface area contributed by atoms with Crippen molar-refractivity contribution in [3.05, 3.63) is 34.6 Å². The summed E-state index contributed by atoms with van der Waals surface area (Å²) in [5, 5.41) is 7.12. The number of likely N-dealkylation sites (tertiary alicyclic amines) is 1. The minimum absolute atomic E-state index is 0.0229. The number of nitrogens with zero attached hydrogens (tertiary/aromatic N) is 4. The molecule has 27 heavy (non-hydrogen) atoms. The lowest BCUT2D eigenvalue weighted by Gasteiger charge is -2.31. The number of halogens is 1. The lowest BCUT2D eigenvalue weighted by Crippen LogP contribution is -2.44. The summed E-state index contributed by atoms with van der Waals surface area (Å²) in [6, 6.07) is 7.81. The summed E-state index contributed by atoms with van der Waals surface area (Å²) in [6.45, 7) is 3.78. The van der Waals surface area contributed by atoms with Crippen LogP contribution >= 0.6 is 15.9 Å². The molecule has 8 heteroatoms. The number of piperidine rings is 1.